The number of benzene rings is 2. The lowest BCUT2D eigenvalue weighted by atomic mass is 9.83. The second-order valence-corrected chi connectivity index (χ2v) is 9.16. The largest absolute Gasteiger partial charge is 0.485 e. The number of esters is 1. The van der Waals surface area contributed by atoms with Crippen LogP contribution in [0.4, 0.5) is 18.9 Å². The van der Waals surface area contributed by atoms with Gasteiger partial charge in [0.05, 0.1) is 24.2 Å². The molecule has 1 aliphatic rings. The number of nitrogens with zero attached hydrogens (tertiary/aromatic N) is 3. The van der Waals surface area contributed by atoms with Gasteiger partial charge in [0.15, 0.2) is 11.5 Å². The first kappa shape index (κ1) is 27.8. The summed E-state index contributed by atoms with van der Waals surface area (Å²) in [4.78, 5) is 17.1. The van der Waals surface area contributed by atoms with Gasteiger partial charge >= 0.3 is 5.97 Å². The number of carbonyl (C=O) groups excluding carboxylic acids is 1. The number of halogens is 3. The molecule has 2 unspecified atom stereocenters. The number of anilines is 1. The summed E-state index contributed by atoms with van der Waals surface area (Å²) in [6.07, 6.45) is 2.44. The van der Waals surface area contributed by atoms with Gasteiger partial charge in [-0.15, -0.1) is 0 Å². The van der Waals surface area contributed by atoms with Crippen LogP contribution in [0.25, 0.3) is 0 Å². The van der Waals surface area contributed by atoms with E-state index in [2.05, 4.69) is 4.98 Å². The number of hydrogen-bond donors (Lipinski definition) is 0. The topological polar surface area (TPSA) is 84.7 Å². The highest BCUT2D eigenvalue weighted by molar-refractivity contribution is 5.74. The van der Waals surface area contributed by atoms with E-state index in [4.69, 9.17) is 14.2 Å². The molecule has 7 nitrogen and oxygen atoms in total. The molecular formula is C29H28F3N3O4. The normalized spacial score (nSPS) is 16.7. The van der Waals surface area contributed by atoms with Crippen LogP contribution in [0, 0.1) is 34.8 Å². The Kier molecular flexibility index (Phi) is 8.92. The SMILES string of the molecule is CCOC(=O)C1CCCCC1N(C)c1c(F)c(F)nc(Oc2cc(C#N)ccc2OCc2ccccc2)c1F. The molecule has 39 heavy (non-hydrogen) atoms. The molecule has 4 rings (SSSR count). The van der Waals surface area contributed by atoms with Crippen molar-refractivity contribution in [3.8, 4) is 23.4 Å². The van der Waals surface area contributed by atoms with Gasteiger partial charge in [-0.3, -0.25) is 4.79 Å². The van der Waals surface area contributed by atoms with Crippen LogP contribution in [0.15, 0.2) is 48.5 Å². The highest BCUT2D eigenvalue weighted by atomic mass is 19.2. The van der Waals surface area contributed by atoms with E-state index in [-0.39, 0.29) is 30.3 Å². The van der Waals surface area contributed by atoms with Crippen LogP contribution in [0.1, 0.15) is 43.7 Å². The predicted molar refractivity (Wildman–Crippen MR) is 137 cm³/mol. The Labute approximate surface area is 224 Å². The van der Waals surface area contributed by atoms with Crippen LogP contribution in [0.5, 0.6) is 17.4 Å². The van der Waals surface area contributed by atoms with Crippen LogP contribution in [0.3, 0.4) is 0 Å². The Balaban J connectivity index is 1.67. The summed E-state index contributed by atoms with van der Waals surface area (Å²) in [5.41, 5.74) is 0.316. The highest BCUT2D eigenvalue weighted by Gasteiger charge is 2.38. The van der Waals surface area contributed by atoms with Crippen LogP contribution in [-0.4, -0.2) is 30.6 Å². The summed E-state index contributed by atoms with van der Waals surface area (Å²) >= 11 is 0. The maximum Gasteiger partial charge on any atom is 0.311 e. The number of hydrogen-bond acceptors (Lipinski definition) is 7. The molecule has 0 N–H and O–H groups in total. The van der Waals surface area contributed by atoms with Crippen molar-refractivity contribution in [3.05, 3.63) is 77.2 Å². The number of nitriles is 1. The molecule has 3 aromatic rings. The molecule has 0 bridgehead atoms. The van der Waals surface area contributed by atoms with E-state index >= 15 is 8.78 Å². The fourth-order valence-corrected chi connectivity index (χ4v) is 4.74. The predicted octanol–water partition coefficient (Wildman–Crippen LogP) is 6.30. The summed E-state index contributed by atoms with van der Waals surface area (Å²) in [6.45, 7) is 1.99. The van der Waals surface area contributed by atoms with E-state index in [1.165, 1.54) is 30.1 Å². The number of carbonyl (C=O) groups is 1. The molecule has 204 valence electrons. The average molecular weight is 540 g/mol. The standard InChI is InChI=1S/C29H28F3N3O4/c1-3-37-29(36)20-11-7-8-12-21(20)35(2)26-24(30)27(32)34-28(25(26)31)39-23-15-19(16-33)13-14-22(23)38-17-18-9-5-4-6-10-18/h4-6,9-10,13-15,20-21H,3,7-8,11-12,17H2,1-2H3. The maximum atomic E-state index is 15.8. The Bertz CT molecular complexity index is 1360. The first-order chi connectivity index (χ1) is 18.8. The second-order valence-electron chi connectivity index (χ2n) is 9.16. The minimum atomic E-state index is -1.57. The molecular weight excluding hydrogens is 511 g/mol. The maximum absolute atomic E-state index is 15.8. The molecule has 1 heterocycles. The number of ether oxygens (including phenoxy) is 3. The highest BCUT2D eigenvalue weighted by Crippen LogP contribution is 2.39. The third kappa shape index (κ3) is 6.25. The molecule has 1 saturated carbocycles. The molecule has 1 aromatic heterocycles. The zero-order valence-corrected chi connectivity index (χ0v) is 21.6. The second kappa shape index (κ2) is 12.5. The first-order valence-corrected chi connectivity index (χ1v) is 12.7. The van der Waals surface area contributed by atoms with Gasteiger partial charge in [-0.25, -0.2) is 0 Å². The van der Waals surface area contributed by atoms with E-state index in [0.717, 1.165) is 18.4 Å². The van der Waals surface area contributed by atoms with Gasteiger partial charge in [0.25, 0.3) is 11.8 Å². The van der Waals surface area contributed by atoms with Crippen LogP contribution in [-0.2, 0) is 16.1 Å². The van der Waals surface area contributed by atoms with Crippen molar-refractivity contribution in [3.63, 3.8) is 0 Å². The molecule has 2 aromatic carbocycles. The average Bonchev–Trinajstić information content (AvgIpc) is 2.95. The zero-order valence-electron chi connectivity index (χ0n) is 21.6. The summed E-state index contributed by atoms with van der Waals surface area (Å²) in [7, 11) is 1.40. The zero-order chi connectivity index (χ0) is 27.9. The van der Waals surface area contributed by atoms with Crippen LogP contribution >= 0.6 is 0 Å². The van der Waals surface area contributed by atoms with E-state index in [9.17, 15) is 14.4 Å². The third-order valence-corrected chi connectivity index (χ3v) is 6.67. The lowest BCUT2D eigenvalue weighted by molar-refractivity contribution is -0.149. The minimum Gasteiger partial charge on any atom is -0.485 e. The summed E-state index contributed by atoms with van der Waals surface area (Å²) in [5.74, 6) is -6.20. The van der Waals surface area contributed by atoms with Crippen molar-refractivity contribution in [1.29, 1.82) is 5.26 Å². The van der Waals surface area contributed by atoms with Gasteiger partial charge in [-0.05, 0) is 37.5 Å². The fraction of sp³-hybridized carbons (Fsp3) is 0.345. The molecule has 0 spiro atoms. The Morgan fingerprint density at radius 3 is 2.54 bits per heavy atom. The van der Waals surface area contributed by atoms with Crippen LogP contribution < -0.4 is 14.4 Å². The number of aromatic nitrogens is 1. The minimum absolute atomic E-state index is 0.0990. The van der Waals surface area contributed by atoms with Crippen molar-refractivity contribution < 1.29 is 32.2 Å². The number of rotatable bonds is 9. The lowest BCUT2D eigenvalue weighted by Crippen LogP contribution is -2.45. The smallest absolute Gasteiger partial charge is 0.311 e. The Morgan fingerprint density at radius 2 is 1.82 bits per heavy atom. The number of pyridine rings is 1. The summed E-state index contributed by atoms with van der Waals surface area (Å²) in [6, 6.07) is 14.8. The Morgan fingerprint density at radius 1 is 1.08 bits per heavy atom. The summed E-state index contributed by atoms with van der Waals surface area (Å²) in [5, 5.41) is 9.34. The first-order valence-electron chi connectivity index (χ1n) is 12.7. The molecule has 0 radical (unpaired) electrons. The van der Waals surface area contributed by atoms with Crippen molar-refractivity contribution in [1.82, 2.24) is 4.98 Å². The molecule has 2 atom stereocenters. The van der Waals surface area contributed by atoms with Crippen molar-refractivity contribution in [2.75, 3.05) is 18.6 Å². The van der Waals surface area contributed by atoms with Gasteiger partial charge in [-0.1, -0.05) is 43.2 Å². The van der Waals surface area contributed by atoms with Crippen LogP contribution in [0.2, 0.25) is 0 Å². The molecule has 0 amide bonds. The third-order valence-electron chi connectivity index (χ3n) is 6.67. The summed E-state index contributed by atoms with van der Waals surface area (Å²) < 4.78 is 62.1. The van der Waals surface area contributed by atoms with Gasteiger partial charge in [0.1, 0.15) is 12.3 Å². The van der Waals surface area contributed by atoms with Gasteiger partial charge in [-0.2, -0.15) is 23.4 Å². The fourth-order valence-electron chi connectivity index (χ4n) is 4.74. The molecule has 0 saturated heterocycles. The van der Waals surface area contributed by atoms with Gasteiger partial charge < -0.3 is 19.1 Å². The quantitative estimate of drug-likeness (QED) is 0.233. The van der Waals surface area contributed by atoms with E-state index in [1.54, 1.807) is 6.92 Å². The van der Waals surface area contributed by atoms with Crippen molar-refractivity contribution >= 4 is 11.7 Å². The van der Waals surface area contributed by atoms with Crippen molar-refractivity contribution in [2.45, 2.75) is 45.3 Å². The van der Waals surface area contributed by atoms with E-state index in [0.29, 0.717) is 12.8 Å². The monoisotopic (exact) mass is 539 g/mol. The molecule has 0 aliphatic heterocycles. The Hall–Kier alpha value is -4.26. The molecule has 1 aliphatic carbocycles. The molecule has 10 heteroatoms. The van der Waals surface area contributed by atoms with Gasteiger partial charge in [0, 0.05) is 19.2 Å². The molecule has 1 fully saturated rings. The van der Waals surface area contributed by atoms with E-state index < -0.39 is 47.1 Å². The van der Waals surface area contributed by atoms with Gasteiger partial charge in [0.2, 0.25) is 11.6 Å². The van der Waals surface area contributed by atoms with Crippen molar-refractivity contribution in [2.24, 2.45) is 5.92 Å². The van der Waals surface area contributed by atoms with E-state index in [1.807, 2.05) is 36.4 Å². The lowest BCUT2D eigenvalue weighted by Gasteiger charge is -2.38.